The van der Waals surface area contributed by atoms with Crippen LogP contribution in [0.1, 0.15) is 5.56 Å². The summed E-state index contributed by atoms with van der Waals surface area (Å²) >= 11 is 6.03. The predicted molar refractivity (Wildman–Crippen MR) is 66.1 cm³/mol. The maximum Gasteiger partial charge on any atom is 0.138 e. The minimum atomic E-state index is 0.623. The van der Waals surface area contributed by atoms with Crippen molar-refractivity contribution >= 4 is 11.6 Å². The topological polar surface area (TPSA) is 14.2 Å². The average Bonchev–Trinajstić information content (AvgIpc) is 2.76. The Labute approximate surface area is 100 Å². The quantitative estimate of drug-likeness (QED) is 0.791. The first-order valence-corrected chi connectivity index (χ1v) is 5.63. The summed E-state index contributed by atoms with van der Waals surface area (Å²) in [6.45, 7) is 3.48. The largest absolute Gasteiger partial charge is 0.490 e. The SMILES string of the molecule is Cc1ccc(Cl)c(OCCn2cccc2)c1. The Morgan fingerprint density at radius 3 is 2.75 bits per heavy atom. The molecule has 2 nitrogen and oxygen atoms in total. The van der Waals surface area contributed by atoms with Crippen molar-refractivity contribution in [3.05, 3.63) is 53.3 Å². The van der Waals surface area contributed by atoms with Crippen LogP contribution in [0.15, 0.2) is 42.7 Å². The van der Waals surface area contributed by atoms with Gasteiger partial charge in [0.05, 0.1) is 11.6 Å². The van der Waals surface area contributed by atoms with Crippen molar-refractivity contribution in [1.29, 1.82) is 0 Å². The van der Waals surface area contributed by atoms with Gasteiger partial charge in [0.25, 0.3) is 0 Å². The molecule has 16 heavy (non-hydrogen) atoms. The van der Waals surface area contributed by atoms with Crippen molar-refractivity contribution in [2.75, 3.05) is 6.61 Å². The van der Waals surface area contributed by atoms with Gasteiger partial charge in [-0.25, -0.2) is 0 Å². The van der Waals surface area contributed by atoms with E-state index in [-0.39, 0.29) is 0 Å². The fourth-order valence-corrected chi connectivity index (χ4v) is 1.67. The van der Waals surface area contributed by atoms with Crippen LogP contribution < -0.4 is 4.74 Å². The van der Waals surface area contributed by atoms with Crippen molar-refractivity contribution < 1.29 is 4.74 Å². The first kappa shape index (κ1) is 11.1. The summed E-state index contributed by atoms with van der Waals surface area (Å²) in [6.07, 6.45) is 4.03. The van der Waals surface area contributed by atoms with E-state index >= 15 is 0 Å². The first-order chi connectivity index (χ1) is 7.75. The molecule has 0 aliphatic rings. The number of ether oxygens (including phenoxy) is 1. The molecule has 0 bridgehead atoms. The average molecular weight is 236 g/mol. The maximum absolute atomic E-state index is 6.03. The van der Waals surface area contributed by atoms with Crippen LogP contribution in [-0.4, -0.2) is 11.2 Å². The van der Waals surface area contributed by atoms with Gasteiger partial charge in [-0.1, -0.05) is 17.7 Å². The van der Waals surface area contributed by atoms with Crippen LogP contribution in [0.5, 0.6) is 5.75 Å². The van der Waals surface area contributed by atoms with E-state index in [0.717, 1.165) is 17.9 Å². The minimum absolute atomic E-state index is 0.623. The van der Waals surface area contributed by atoms with Gasteiger partial charge in [-0.05, 0) is 36.8 Å². The van der Waals surface area contributed by atoms with Crippen LogP contribution in [0.3, 0.4) is 0 Å². The zero-order valence-electron chi connectivity index (χ0n) is 9.19. The lowest BCUT2D eigenvalue weighted by Gasteiger charge is -2.09. The van der Waals surface area contributed by atoms with Crippen molar-refractivity contribution in [3.63, 3.8) is 0 Å². The van der Waals surface area contributed by atoms with Crippen LogP contribution in [-0.2, 0) is 6.54 Å². The third-order valence-corrected chi connectivity index (χ3v) is 2.67. The maximum atomic E-state index is 6.03. The summed E-state index contributed by atoms with van der Waals surface area (Å²) in [7, 11) is 0. The molecule has 0 aliphatic heterocycles. The highest BCUT2D eigenvalue weighted by molar-refractivity contribution is 6.32. The zero-order chi connectivity index (χ0) is 11.4. The smallest absolute Gasteiger partial charge is 0.138 e. The number of nitrogens with zero attached hydrogens (tertiary/aromatic N) is 1. The Bertz CT molecular complexity index is 451. The number of rotatable bonds is 4. The van der Waals surface area contributed by atoms with Gasteiger partial charge in [-0.2, -0.15) is 0 Å². The van der Waals surface area contributed by atoms with E-state index < -0.39 is 0 Å². The number of aromatic nitrogens is 1. The van der Waals surface area contributed by atoms with Crippen LogP contribution in [0, 0.1) is 6.92 Å². The molecule has 84 valence electrons. The fraction of sp³-hybridized carbons (Fsp3) is 0.231. The van der Waals surface area contributed by atoms with Crippen LogP contribution in [0.2, 0.25) is 5.02 Å². The van der Waals surface area contributed by atoms with Gasteiger partial charge in [0.2, 0.25) is 0 Å². The number of aryl methyl sites for hydroxylation is 1. The number of halogens is 1. The van der Waals surface area contributed by atoms with Gasteiger partial charge in [0, 0.05) is 12.4 Å². The molecule has 0 saturated heterocycles. The third kappa shape index (κ3) is 2.80. The molecule has 1 aromatic heterocycles. The second-order valence-corrected chi connectivity index (χ2v) is 4.11. The summed E-state index contributed by atoms with van der Waals surface area (Å²) in [5.41, 5.74) is 1.15. The van der Waals surface area contributed by atoms with Gasteiger partial charge in [0.15, 0.2) is 0 Å². The molecule has 0 fully saturated rings. The van der Waals surface area contributed by atoms with Crippen molar-refractivity contribution in [2.24, 2.45) is 0 Å². The molecular weight excluding hydrogens is 222 g/mol. The highest BCUT2D eigenvalue weighted by Crippen LogP contribution is 2.25. The molecule has 1 aromatic carbocycles. The lowest BCUT2D eigenvalue weighted by Crippen LogP contribution is -2.06. The highest BCUT2D eigenvalue weighted by atomic mass is 35.5. The van der Waals surface area contributed by atoms with Crippen LogP contribution >= 0.6 is 11.6 Å². The molecule has 3 heteroatoms. The van der Waals surface area contributed by atoms with E-state index in [2.05, 4.69) is 4.57 Å². The normalized spacial score (nSPS) is 10.4. The van der Waals surface area contributed by atoms with E-state index in [1.54, 1.807) is 0 Å². The molecule has 0 amide bonds. The van der Waals surface area contributed by atoms with Gasteiger partial charge in [0.1, 0.15) is 12.4 Å². The van der Waals surface area contributed by atoms with Crippen molar-refractivity contribution in [3.8, 4) is 5.75 Å². The summed E-state index contributed by atoms with van der Waals surface area (Å²) < 4.78 is 7.71. The zero-order valence-corrected chi connectivity index (χ0v) is 9.95. The van der Waals surface area contributed by atoms with E-state index in [0.29, 0.717) is 11.6 Å². The molecular formula is C13H14ClNO. The summed E-state index contributed by atoms with van der Waals surface area (Å²) in [5, 5.41) is 0.665. The molecule has 1 heterocycles. The Morgan fingerprint density at radius 2 is 2.00 bits per heavy atom. The van der Waals surface area contributed by atoms with E-state index in [4.69, 9.17) is 16.3 Å². The van der Waals surface area contributed by atoms with Crippen molar-refractivity contribution in [1.82, 2.24) is 4.57 Å². The fourth-order valence-electron chi connectivity index (χ4n) is 1.50. The highest BCUT2D eigenvalue weighted by Gasteiger charge is 2.01. The lowest BCUT2D eigenvalue weighted by atomic mass is 10.2. The van der Waals surface area contributed by atoms with Crippen LogP contribution in [0.25, 0.3) is 0 Å². The second kappa shape index (κ2) is 5.08. The van der Waals surface area contributed by atoms with E-state index in [1.165, 1.54) is 0 Å². The van der Waals surface area contributed by atoms with Gasteiger partial charge in [-0.15, -0.1) is 0 Å². The molecule has 0 unspecified atom stereocenters. The summed E-state index contributed by atoms with van der Waals surface area (Å²) in [4.78, 5) is 0. The Hall–Kier alpha value is -1.41. The molecule has 0 saturated carbocycles. The predicted octanol–water partition coefficient (Wildman–Crippen LogP) is 3.53. The molecule has 0 N–H and O–H groups in total. The van der Waals surface area contributed by atoms with E-state index in [1.807, 2.05) is 49.6 Å². The molecule has 2 aromatic rings. The summed E-state index contributed by atoms with van der Waals surface area (Å²) in [5.74, 6) is 0.758. The van der Waals surface area contributed by atoms with Crippen LogP contribution in [0.4, 0.5) is 0 Å². The second-order valence-electron chi connectivity index (χ2n) is 3.70. The molecule has 0 aliphatic carbocycles. The lowest BCUT2D eigenvalue weighted by molar-refractivity contribution is 0.298. The molecule has 0 radical (unpaired) electrons. The molecule has 0 atom stereocenters. The van der Waals surface area contributed by atoms with Gasteiger partial charge in [-0.3, -0.25) is 0 Å². The molecule has 2 rings (SSSR count). The summed E-state index contributed by atoms with van der Waals surface area (Å²) in [6, 6.07) is 9.79. The Morgan fingerprint density at radius 1 is 1.25 bits per heavy atom. The standard InChI is InChI=1S/C13H14ClNO/c1-11-4-5-12(14)13(10-11)16-9-8-15-6-2-3-7-15/h2-7,10H,8-9H2,1H3. The van der Waals surface area contributed by atoms with E-state index in [9.17, 15) is 0 Å². The monoisotopic (exact) mass is 235 g/mol. The van der Waals surface area contributed by atoms with Gasteiger partial charge >= 0.3 is 0 Å². The van der Waals surface area contributed by atoms with Crippen molar-refractivity contribution in [2.45, 2.75) is 13.5 Å². The minimum Gasteiger partial charge on any atom is -0.490 e. The van der Waals surface area contributed by atoms with Gasteiger partial charge < -0.3 is 9.30 Å². The molecule has 0 spiro atoms. The number of hydrogen-bond donors (Lipinski definition) is 0. The first-order valence-electron chi connectivity index (χ1n) is 5.25. The number of hydrogen-bond acceptors (Lipinski definition) is 1. The Balaban J connectivity index is 1.92. The Kier molecular flexibility index (Phi) is 3.52. The number of benzene rings is 1. The third-order valence-electron chi connectivity index (χ3n) is 2.36.